The van der Waals surface area contributed by atoms with Crippen LogP contribution in [0, 0.1) is 0 Å². The maximum Gasteiger partial charge on any atom is 0.323 e. The monoisotopic (exact) mass is 168 g/mol. The van der Waals surface area contributed by atoms with E-state index in [0.717, 1.165) is 0 Å². The fourth-order valence-electron chi connectivity index (χ4n) is 0.352. The number of likely N-dealkylation sites (N-methyl/N-ethyl adjacent to an activating group) is 1. The van der Waals surface area contributed by atoms with Crippen LogP contribution in [0.1, 0.15) is 21.6 Å². The van der Waals surface area contributed by atoms with Gasteiger partial charge in [0.05, 0.1) is 0 Å². The van der Waals surface area contributed by atoms with Crippen molar-refractivity contribution in [3.05, 3.63) is 0 Å². The van der Waals surface area contributed by atoms with E-state index in [1.165, 1.54) is 0 Å². The SMILES string of the molecule is Cl.[2H]CN[C@@](C)(CC)C(=O)O. The highest BCUT2D eigenvalue weighted by Crippen LogP contribution is 2.06. The molecule has 0 amide bonds. The number of carboxylic acids is 1. The normalized spacial score (nSPS) is 16.4. The van der Waals surface area contributed by atoms with Crippen LogP contribution < -0.4 is 5.32 Å². The first kappa shape index (κ1) is 9.72. The van der Waals surface area contributed by atoms with E-state index in [4.69, 9.17) is 6.48 Å². The Bertz CT molecular complexity index is 134. The molecule has 0 heterocycles. The van der Waals surface area contributed by atoms with Crippen LogP contribution in [-0.2, 0) is 4.79 Å². The molecule has 10 heavy (non-hydrogen) atoms. The number of aliphatic carboxylic acids is 1. The first-order valence-corrected chi connectivity index (χ1v) is 2.84. The second kappa shape index (κ2) is 4.52. The minimum Gasteiger partial charge on any atom is -0.480 e. The van der Waals surface area contributed by atoms with E-state index < -0.39 is 11.5 Å². The van der Waals surface area contributed by atoms with Gasteiger partial charge in [-0.2, -0.15) is 0 Å². The molecular formula is C6H14ClNO2. The van der Waals surface area contributed by atoms with Crippen molar-refractivity contribution in [2.24, 2.45) is 0 Å². The van der Waals surface area contributed by atoms with Crippen molar-refractivity contribution in [3.8, 4) is 0 Å². The predicted molar refractivity (Wildman–Crippen MR) is 42.6 cm³/mol. The zero-order valence-electron chi connectivity index (χ0n) is 7.18. The molecule has 0 rings (SSSR count). The number of rotatable bonds is 3. The van der Waals surface area contributed by atoms with Crippen molar-refractivity contribution >= 4 is 18.4 Å². The van der Waals surface area contributed by atoms with Crippen LogP contribution in [0.25, 0.3) is 0 Å². The molecule has 0 saturated heterocycles. The molecule has 1 atom stereocenters. The topological polar surface area (TPSA) is 49.3 Å². The summed E-state index contributed by atoms with van der Waals surface area (Å²) in [5.41, 5.74) is -0.929. The van der Waals surface area contributed by atoms with E-state index in [1.54, 1.807) is 13.8 Å². The van der Waals surface area contributed by atoms with Crippen molar-refractivity contribution < 1.29 is 11.3 Å². The summed E-state index contributed by atoms with van der Waals surface area (Å²) in [5.74, 6) is -0.901. The van der Waals surface area contributed by atoms with Gasteiger partial charge in [-0.3, -0.25) is 4.79 Å². The Balaban J connectivity index is 0. The van der Waals surface area contributed by atoms with Crippen LogP contribution in [0.4, 0.5) is 0 Å². The molecule has 3 nitrogen and oxygen atoms in total. The van der Waals surface area contributed by atoms with Gasteiger partial charge < -0.3 is 10.4 Å². The molecule has 2 N–H and O–H groups in total. The second-order valence-electron chi connectivity index (χ2n) is 2.17. The lowest BCUT2D eigenvalue weighted by Gasteiger charge is -2.21. The number of carbonyl (C=O) groups is 1. The fourth-order valence-corrected chi connectivity index (χ4v) is 0.352. The zero-order valence-corrected chi connectivity index (χ0v) is 6.99. The molecule has 0 aromatic heterocycles. The quantitative estimate of drug-likeness (QED) is 0.658. The summed E-state index contributed by atoms with van der Waals surface area (Å²) < 4.78 is 6.78. The number of hydrogen-bond acceptors (Lipinski definition) is 2. The third kappa shape index (κ3) is 2.54. The van der Waals surface area contributed by atoms with Crippen LogP contribution in [0.5, 0.6) is 0 Å². The first-order valence-electron chi connectivity index (χ1n) is 3.55. The molecule has 0 spiro atoms. The molecule has 0 radical (unpaired) electrons. The van der Waals surface area contributed by atoms with E-state index in [9.17, 15) is 4.79 Å². The van der Waals surface area contributed by atoms with E-state index >= 15 is 0 Å². The Kier molecular flexibility index (Phi) is 4.40. The van der Waals surface area contributed by atoms with Gasteiger partial charge in [0.25, 0.3) is 0 Å². The molecule has 0 saturated carbocycles. The van der Waals surface area contributed by atoms with Crippen molar-refractivity contribution in [3.63, 3.8) is 0 Å². The largest absolute Gasteiger partial charge is 0.480 e. The maximum absolute atomic E-state index is 10.5. The van der Waals surface area contributed by atoms with Crippen molar-refractivity contribution in [2.45, 2.75) is 25.8 Å². The van der Waals surface area contributed by atoms with Crippen LogP contribution in [0.3, 0.4) is 0 Å². The van der Waals surface area contributed by atoms with Gasteiger partial charge in [-0.25, -0.2) is 0 Å². The number of hydrogen-bond donors (Lipinski definition) is 2. The lowest BCUT2D eigenvalue weighted by Crippen LogP contribution is -2.46. The molecular weight excluding hydrogens is 154 g/mol. The van der Waals surface area contributed by atoms with Gasteiger partial charge in [-0.1, -0.05) is 6.92 Å². The van der Waals surface area contributed by atoms with E-state index in [1.807, 2.05) is 0 Å². The van der Waals surface area contributed by atoms with Gasteiger partial charge >= 0.3 is 5.97 Å². The molecule has 0 bridgehead atoms. The Morgan fingerprint density at radius 2 is 2.40 bits per heavy atom. The van der Waals surface area contributed by atoms with Crippen LogP contribution in [-0.4, -0.2) is 23.6 Å². The van der Waals surface area contributed by atoms with E-state index in [-0.39, 0.29) is 19.4 Å². The molecule has 0 aliphatic carbocycles. The van der Waals surface area contributed by atoms with Gasteiger partial charge in [-0.05, 0) is 20.4 Å². The van der Waals surface area contributed by atoms with E-state index in [0.29, 0.717) is 6.42 Å². The molecule has 0 unspecified atom stereocenters. The standard InChI is InChI=1S/C6H13NO2.ClH/c1-4-6(2,7-3)5(8)9;/h7H,4H2,1-3H3,(H,8,9);1H/t6-;/m0./s1/i3D;. The van der Waals surface area contributed by atoms with Gasteiger partial charge in [0.1, 0.15) is 5.54 Å². The summed E-state index contributed by atoms with van der Waals surface area (Å²) in [5, 5.41) is 11.2. The summed E-state index contributed by atoms with van der Waals surface area (Å²) >= 11 is 0. The smallest absolute Gasteiger partial charge is 0.323 e. The first-order chi connectivity index (χ1) is 4.56. The molecule has 0 fully saturated rings. The van der Waals surface area contributed by atoms with Crippen molar-refractivity contribution in [2.75, 3.05) is 7.02 Å². The fraction of sp³-hybridized carbons (Fsp3) is 0.833. The summed E-state index contributed by atoms with van der Waals surface area (Å²) in [6, 6.07) is 0. The average molecular weight is 169 g/mol. The van der Waals surface area contributed by atoms with Gasteiger partial charge in [0.2, 0.25) is 0 Å². The highest BCUT2D eigenvalue weighted by atomic mass is 35.5. The molecule has 0 aliphatic rings. The lowest BCUT2D eigenvalue weighted by molar-refractivity contribution is -0.144. The summed E-state index contributed by atoms with van der Waals surface area (Å²) in [4.78, 5) is 10.5. The number of nitrogens with one attached hydrogen (secondary N) is 1. The Morgan fingerprint density at radius 3 is 2.50 bits per heavy atom. The molecule has 62 valence electrons. The third-order valence-corrected chi connectivity index (χ3v) is 1.57. The molecule has 0 aliphatic heterocycles. The molecule has 0 aromatic carbocycles. The van der Waals surface area contributed by atoms with Crippen molar-refractivity contribution in [1.29, 1.82) is 0 Å². The van der Waals surface area contributed by atoms with Crippen LogP contribution in [0.15, 0.2) is 0 Å². The Morgan fingerprint density at radius 1 is 1.90 bits per heavy atom. The number of carboxylic acid groups (broad SMARTS) is 1. The summed E-state index contributed by atoms with van der Waals surface area (Å²) in [6.45, 7) is 3.35. The van der Waals surface area contributed by atoms with E-state index in [2.05, 4.69) is 5.32 Å². The second-order valence-corrected chi connectivity index (χ2v) is 2.17. The maximum atomic E-state index is 10.5. The average Bonchev–Trinajstić information content (AvgIpc) is 1.88. The molecule has 4 heteroatoms. The highest BCUT2D eigenvalue weighted by Gasteiger charge is 2.27. The van der Waals surface area contributed by atoms with Gasteiger partial charge in [0, 0.05) is 1.37 Å². The molecule has 0 aromatic rings. The minimum absolute atomic E-state index is 0. The van der Waals surface area contributed by atoms with Gasteiger partial charge in [0.15, 0.2) is 0 Å². The van der Waals surface area contributed by atoms with Crippen LogP contribution in [0.2, 0.25) is 0 Å². The van der Waals surface area contributed by atoms with Gasteiger partial charge in [-0.15, -0.1) is 12.4 Å². The third-order valence-electron chi connectivity index (χ3n) is 1.57. The summed E-state index contributed by atoms with van der Waals surface area (Å²) in [7, 11) is -0.0589. The Hall–Kier alpha value is -0.280. The zero-order chi connectivity index (χ0) is 8.20. The Labute approximate surface area is 68.6 Å². The summed E-state index contributed by atoms with van der Waals surface area (Å²) in [6.07, 6.45) is 0.487. The number of halogens is 1. The van der Waals surface area contributed by atoms with Crippen molar-refractivity contribution in [1.82, 2.24) is 5.32 Å². The minimum atomic E-state index is -0.929. The lowest BCUT2D eigenvalue weighted by atomic mass is 10.0. The van der Waals surface area contributed by atoms with Crippen LogP contribution >= 0.6 is 12.4 Å². The predicted octanol–water partition coefficient (Wildman–Crippen LogP) is 0.881. The highest BCUT2D eigenvalue weighted by molar-refractivity contribution is 5.85.